The standard InChI is InChI=1S/C15H24N2O3S/c1-3-8-16-11-12-6-4-5-7-15(12)21(18,19)17-13-9-14(10-13)20-2/h4-7,13-14,16-17H,3,8-11H2,1-2H3. The third-order valence-electron chi connectivity index (χ3n) is 3.75. The van der Waals surface area contributed by atoms with Crippen molar-refractivity contribution in [3.8, 4) is 0 Å². The molecule has 0 radical (unpaired) electrons. The van der Waals surface area contributed by atoms with E-state index in [-0.39, 0.29) is 12.1 Å². The van der Waals surface area contributed by atoms with Crippen LogP contribution in [0.25, 0.3) is 0 Å². The Morgan fingerprint density at radius 1 is 1.29 bits per heavy atom. The molecule has 0 saturated heterocycles. The van der Waals surface area contributed by atoms with Crippen molar-refractivity contribution in [2.75, 3.05) is 13.7 Å². The number of ether oxygens (including phenoxy) is 1. The lowest BCUT2D eigenvalue weighted by molar-refractivity contribution is 0.0236. The number of hydrogen-bond acceptors (Lipinski definition) is 4. The van der Waals surface area contributed by atoms with Gasteiger partial charge in [-0.1, -0.05) is 25.1 Å². The highest BCUT2D eigenvalue weighted by atomic mass is 32.2. The zero-order valence-electron chi connectivity index (χ0n) is 12.6. The van der Waals surface area contributed by atoms with E-state index in [1.165, 1.54) is 0 Å². The Balaban J connectivity index is 2.05. The normalized spacial score (nSPS) is 22.0. The summed E-state index contributed by atoms with van der Waals surface area (Å²) >= 11 is 0. The smallest absolute Gasteiger partial charge is 0.241 e. The molecule has 1 aliphatic carbocycles. The Morgan fingerprint density at radius 2 is 2.00 bits per heavy atom. The third-order valence-corrected chi connectivity index (χ3v) is 5.38. The van der Waals surface area contributed by atoms with Gasteiger partial charge in [0.05, 0.1) is 11.0 Å². The number of methoxy groups -OCH3 is 1. The molecule has 2 N–H and O–H groups in total. The fourth-order valence-electron chi connectivity index (χ4n) is 2.45. The Morgan fingerprint density at radius 3 is 2.67 bits per heavy atom. The van der Waals surface area contributed by atoms with Gasteiger partial charge in [0, 0.05) is 19.7 Å². The first kappa shape index (κ1) is 16.4. The minimum Gasteiger partial charge on any atom is -0.381 e. The van der Waals surface area contributed by atoms with Crippen molar-refractivity contribution in [2.45, 2.75) is 49.8 Å². The van der Waals surface area contributed by atoms with Gasteiger partial charge >= 0.3 is 0 Å². The van der Waals surface area contributed by atoms with Gasteiger partial charge < -0.3 is 10.1 Å². The van der Waals surface area contributed by atoms with Gasteiger partial charge in [-0.15, -0.1) is 0 Å². The number of hydrogen-bond donors (Lipinski definition) is 2. The molecule has 1 fully saturated rings. The van der Waals surface area contributed by atoms with E-state index in [0.29, 0.717) is 11.4 Å². The summed E-state index contributed by atoms with van der Waals surface area (Å²) in [5.41, 5.74) is 0.807. The van der Waals surface area contributed by atoms with Crippen molar-refractivity contribution < 1.29 is 13.2 Å². The molecule has 1 aromatic rings. The maximum absolute atomic E-state index is 12.5. The Bertz CT molecular complexity index is 554. The highest BCUT2D eigenvalue weighted by molar-refractivity contribution is 7.89. The van der Waals surface area contributed by atoms with Crippen molar-refractivity contribution in [3.63, 3.8) is 0 Å². The predicted octanol–water partition coefficient (Wildman–Crippen LogP) is 1.64. The van der Waals surface area contributed by atoms with Gasteiger partial charge in [0.25, 0.3) is 0 Å². The molecule has 0 unspecified atom stereocenters. The van der Waals surface area contributed by atoms with E-state index in [1.807, 2.05) is 12.1 Å². The number of sulfonamides is 1. The first-order chi connectivity index (χ1) is 10.1. The zero-order chi connectivity index (χ0) is 15.3. The van der Waals surface area contributed by atoms with Gasteiger partial charge in [-0.2, -0.15) is 0 Å². The van der Waals surface area contributed by atoms with Crippen LogP contribution in [0.15, 0.2) is 29.2 Å². The summed E-state index contributed by atoms with van der Waals surface area (Å²) in [6, 6.07) is 7.13. The Labute approximate surface area is 127 Å². The maximum Gasteiger partial charge on any atom is 0.241 e. The second kappa shape index (κ2) is 7.35. The highest BCUT2D eigenvalue weighted by Gasteiger charge is 2.33. The van der Waals surface area contributed by atoms with Crippen LogP contribution in [0, 0.1) is 0 Å². The van der Waals surface area contributed by atoms with Crippen molar-refractivity contribution >= 4 is 10.0 Å². The van der Waals surface area contributed by atoms with Gasteiger partial charge in [-0.25, -0.2) is 13.1 Å². The van der Waals surface area contributed by atoms with Crippen molar-refractivity contribution in [1.82, 2.24) is 10.0 Å². The first-order valence-corrected chi connectivity index (χ1v) is 8.89. The average molecular weight is 312 g/mol. The molecule has 0 heterocycles. The lowest BCUT2D eigenvalue weighted by Gasteiger charge is -2.34. The van der Waals surface area contributed by atoms with Gasteiger partial charge in [0.15, 0.2) is 0 Å². The zero-order valence-corrected chi connectivity index (χ0v) is 13.4. The molecule has 118 valence electrons. The summed E-state index contributed by atoms with van der Waals surface area (Å²) in [5.74, 6) is 0. The van der Waals surface area contributed by atoms with Crippen LogP contribution in [0.2, 0.25) is 0 Å². The van der Waals surface area contributed by atoms with Gasteiger partial charge in [-0.05, 0) is 37.4 Å². The van der Waals surface area contributed by atoms with Gasteiger partial charge in [0.2, 0.25) is 10.0 Å². The minimum atomic E-state index is -3.47. The van der Waals surface area contributed by atoms with Crippen LogP contribution in [0.1, 0.15) is 31.7 Å². The van der Waals surface area contributed by atoms with Crippen LogP contribution in [0.5, 0.6) is 0 Å². The quantitative estimate of drug-likeness (QED) is 0.716. The summed E-state index contributed by atoms with van der Waals surface area (Å²) in [6.07, 6.45) is 2.69. The van der Waals surface area contributed by atoms with E-state index in [2.05, 4.69) is 17.0 Å². The lowest BCUT2D eigenvalue weighted by atomic mass is 9.90. The van der Waals surface area contributed by atoms with Gasteiger partial charge in [0.1, 0.15) is 0 Å². The van der Waals surface area contributed by atoms with Crippen LogP contribution < -0.4 is 10.0 Å². The van der Waals surface area contributed by atoms with E-state index in [4.69, 9.17) is 4.74 Å². The first-order valence-electron chi connectivity index (χ1n) is 7.40. The van der Waals surface area contributed by atoms with E-state index < -0.39 is 10.0 Å². The summed E-state index contributed by atoms with van der Waals surface area (Å²) < 4.78 is 33.0. The summed E-state index contributed by atoms with van der Waals surface area (Å²) in [7, 11) is -1.81. The molecule has 0 bridgehead atoms. The largest absolute Gasteiger partial charge is 0.381 e. The van der Waals surface area contributed by atoms with E-state index in [0.717, 1.165) is 31.4 Å². The van der Waals surface area contributed by atoms with Crippen molar-refractivity contribution in [1.29, 1.82) is 0 Å². The lowest BCUT2D eigenvalue weighted by Crippen LogP contribution is -2.47. The monoisotopic (exact) mass is 312 g/mol. The topological polar surface area (TPSA) is 67.4 Å². The molecule has 0 amide bonds. The molecule has 6 heteroatoms. The molecule has 1 aliphatic rings. The molecule has 1 aromatic carbocycles. The number of benzene rings is 1. The molecular weight excluding hydrogens is 288 g/mol. The molecular formula is C15H24N2O3S. The summed E-state index contributed by atoms with van der Waals surface area (Å²) in [4.78, 5) is 0.370. The van der Waals surface area contributed by atoms with Crippen LogP contribution in [0.4, 0.5) is 0 Å². The molecule has 1 saturated carbocycles. The summed E-state index contributed by atoms with van der Waals surface area (Å²) in [5, 5.41) is 3.25. The third kappa shape index (κ3) is 4.26. The number of nitrogens with one attached hydrogen (secondary N) is 2. The van der Waals surface area contributed by atoms with Crippen molar-refractivity contribution in [3.05, 3.63) is 29.8 Å². The average Bonchev–Trinajstić information content (AvgIpc) is 2.43. The van der Waals surface area contributed by atoms with Gasteiger partial charge in [-0.3, -0.25) is 0 Å². The Kier molecular flexibility index (Phi) is 5.75. The summed E-state index contributed by atoms with van der Waals surface area (Å²) in [6.45, 7) is 3.52. The van der Waals surface area contributed by atoms with Crippen LogP contribution >= 0.6 is 0 Å². The second-order valence-electron chi connectivity index (χ2n) is 5.43. The SMILES string of the molecule is CCCNCc1ccccc1S(=O)(=O)NC1CC(OC)C1. The van der Waals surface area contributed by atoms with Crippen LogP contribution in [-0.4, -0.2) is 34.2 Å². The predicted molar refractivity (Wildman–Crippen MR) is 82.6 cm³/mol. The maximum atomic E-state index is 12.5. The van der Waals surface area contributed by atoms with E-state index in [9.17, 15) is 8.42 Å². The van der Waals surface area contributed by atoms with E-state index >= 15 is 0 Å². The fraction of sp³-hybridized carbons (Fsp3) is 0.600. The molecule has 2 rings (SSSR count). The highest BCUT2D eigenvalue weighted by Crippen LogP contribution is 2.25. The number of rotatable bonds is 8. The fourth-order valence-corrected chi connectivity index (χ4v) is 3.95. The van der Waals surface area contributed by atoms with Crippen molar-refractivity contribution in [2.24, 2.45) is 0 Å². The molecule has 0 aliphatic heterocycles. The minimum absolute atomic E-state index is 0.0170. The van der Waals surface area contributed by atoms with Crippen LogP contribution in [0.3, 0.4) is 0 Å². The molecule has 0 aromatic heterocycles. The molecule has 5 nitrogen and oxygen atoms in total. The van der Waals surface area contributed by atoms with Crippen LogP contribution in [-0.2, 0) is 21.3 Å². The Hall–Kier alpha value is -0.950. The molecule has 21 heavy (non-hydrogen) atoms. The van der Waals surface area contributed by atoms with E-state index in [1.54, 1.807) is 19.2 Å². The molecule has 0 spiro atoms. The molecule has 0 atom stereocenters. The second-order valence-corrected chi connectivity index (χ2v) is 7.11.